The molecule has 3 rings (SSSR count). The summed E-state index contributed by atoms with van der Waals surface area (Å²) in [7, 11) is 0. The van der Waals surface area contributed by atoms with E-state index >= 15 is 0 Å². The van der Waals surface area contributed by atoms with Crippen LogP contribution in [0.5, 0.6) is 5.75 Å². The summed E-state index contributed by atoms with van der Waals surface area (Å²) in [6, 6.07) is 12.4. The number of carbonyl (C=O) groups is 2. The number of halogens is 1. The molecule has 0 radical (unpaired) electrons. The van der Waals surface area contributed by atoms with E-state index in [0.717, 1.165) is 11.1 Å². The average molecular weight is 459 g/mol. The topological polar surface area (TPSA) is 58.6 Å². The number of ether oxygens (including phenoxy) is 1. The van der Waals surface area contributed by atoms with Gasteiger partial charge in [0.25, 0.3) is 11.8 Å². The third-order valence-electron chi connectivity index (χ3n) is 4.27. The van der Waals surface area contributed by atoms with Gasteiger partial charge in [-0.05, 0) is 48.4 Å². The van der Waals surface area contributed by atoms with E-state index in [1.807, 2.05) is 19.1 Å². The van der Waals surface area contributed by atoms with Gasteiger partial charge in [-0.2, -0.15) is 0 Å². The fraction of sp³-hybridized carbons (Fsp3) is 0.136. The third-order valence-corrected chi connectivity index (χ3v) is 6.06. The number of carbonyl (C=O) groups excluding carboxylic acids is 2. The van der Waals surface area contributed by atoms with E-state index in [2.05, 4.69) is 11.9 Å². The van der Waals surface area contributed by atoms with Crippen LogP contribution in [0.1, 0.15) is 11.1 Å². The minimum absolute atomic E-state index is 0.127. The van der Waals surface area contributed by atoms with Gasteiger partial charge in [-0.3, -0.25) is 14.5 Å². The fourth-order valence-corrected chi connectivity index (χ4v) is 4.13. The van der Waals surface area contributed by atoms with E-state index in [1.165, 1.54) is 16.7 Å². The van der Waals surface area contributed by atoms with Crippen molar-refractivity contribution in [2.24, 2.45) is 0 Å². The monoisotopic (exact) mass is 458 g/mol. The maximum atomic E-state index is 12.4. The SMILES string of the molecule is C=CCN1C(=O)/C(=C/c2ccc(OCC(=O)Nc3cccc(Cl)c3C)cc2)SC1=S. The predicted molar refractivity (Wildman–Crippen MR) is 127 cm³/mol. The van der Waals surface area contributed by atoms with E-state index in [9.17, 15) is 9.59 Å². The first kappa shape index (κ1) is 22.1. The van der Waals surface area contributed by atoms with E-state index in [4.69, 9.17) is 28.6 Å². The van der Waals surface area contributed by atoms with Crippen LogP contribution in [0.15, 0.2) is 60.0 Å². The molecule has 2 aromatic rings. The molecule has 154 valence electrons. The van der Waals surface area contributed by atoms with Crippen molar-refractivity contribution >= 4 is 63.5 Å². The molecular formula is C22H19ClN2O3S2. The van der Waals surface area contributed by atoms with Crippen LogP contribution in [0.2, 0.25) is 5.02 Å². The average Bonchev–Trinajstić information content (AvgIpc) is 2.98. The Balaban J connectivity index is 1.58. The Morgan fingerprint density at radius 2 is 2.03 bits per heavy atom. The highest BCUT2D eigenvalue weighted by atomic mass is 35.5. The Morgan fingerprint density at radius 3 is 2.73 bits per heavy atom. The van der Waals surface area contributed by atoms with Crippen molar-refractivity contribution in [1.29, 1.82) is 0 Å². The molecule has 2 aromatic carbocycles. The fourth-order valence-electron chi connectivity index (χ4n) is 2.68. The highest BCUT2D eigenvalue weighted by Gasteiger charge is 2.30. The molecule has 1 saturated heterocycles. The molecule has 0 spiro atoms. The van der Waals surface area contributed by atoms with Crippen molar-refractivity contribution in [2.45, 2.75) is 6.92 Å². The maximum absolute atomic E-state index is 12.4. The molecule has 1 heterocycles. The summed E-state index contributed by atoms with van der Waals surface area (Å²) < 4.78 is 6.06. The Labute approximate surface area is 189 Å². The molecule has 0 bridgehead atoms. The second-order valence-corrected chi connectivity index (χ2v) is 8.48. The van der Waals surface area contributed by atoms with Crippen LogP contribution in [0.3, 0.4) is 0 Å². The van der Waals surface area contributed by atoms with Gasteiger partial charge >= 0.3 is 0 Å². The van der Waals surface area contributed by atoms with Crippen molar-refractivity contribution in [3.63, 3.8) is 0 Å². The molecule has 1 aliphatic heterocycles. The van der Waals surface area contributed by atoms with Gasteiger partial charge < -0.3 is 10.1 Å². The highest BCUT2D eigenvalue weighted by Crippen LogP contribution is 2.32. The van der Waals surface area contributed by atoms with Gasteiger partial charge in [-0.25, -0.2) is 0 Å². The molecular weight excluding hydrogens is 440 g/mol. The largest absolute Gasteiger partial charge is 0.484 e. The zero-order chi connectivity index (χ0) is 21.7. The van der Waals surface area contributed by atoms with Gasteiger partial charge in [0.2, 0.25) is 0 Å². The third kappa shape index (κ3) is 5.30. The van der Waals surface area contributed by atoms with Crippen molar-refractivity contribution < 1.29 is 14.3 Å². The van der Waals surface area contributed by atoms with Crippen molar-refractivity contribution in [3.05, 3.63) is 76.2 Å². The Hall–Kier alpha value is -2.61. The van der Waals surface area contributed by atoms with E-state index in [1.54, 1.807) is 42.5 Å². The first-order valence-electron chi connectivity index (χ1n) is 9.03. The van der Waals surface area contributed by atoms with Gasteiger partial charge in [0, 0.05) is 17.3 Å². The number of anilines is 1. The number of thioether (sulfide) groups is 1. The van der Waals surface area contributed by atoms with Crippen LogP contribution in [-0.2, 0) is 9.59 Å². The number of nitrogens with zero attached hydrogens (tertiary/aromatic N) is 1. The second kappa shape index (κ2) is 9.93. The zero-order valence-corrected chi connectivity index (χ0v) is 18.6. The zero-order valence-electron chi connectivity index (χ0n) is 16.2. The lowest BCUT2D eigenvalue weighted by atomic mass is 10.2. The molecule has 0 atom stereocenters. The van der Waals surface area contributed by atoms with Gasteiger partial charge in [0.15, 0.2) is 6.61 Å². The van der Waals surface area contributed by atoms with Crippen molar-refractivity contribution in [1.82, 2.24) is 4.90 Å². The van der Waals surface area contributed by atoms with E-state index < -0.39 is 0 Å². The normalized spacial score (nSPS) is 14.9. The number of thiocarbonyl (C=S) groups is 1. The van der Waals surface area contributed by atoms with Crippen LogP contribution in [-0.4, -0.2) is 34.2 Å². The smallest absolute Gasteiger partial charge is 0.266 e. The second-order valence-electron chi connectivity index (χ2n) is 6.40. The summed E-state index contributed by atoms with van der Waals surface area (Å²) in [4.78, 5) is 26.6. The maximum Gasteiger partial charge on any atom is 0.266 e. The molecule has 1 N–H and O–H groups in total. The number of rotatable bonds is 7. The minimum atomic E-state index is -0.282. The summed E-state index contributed by atoms with van der Waals surface area (Å²) in [5, 5.41) is 3.37. The molecule has 1 aliphatic rings. The summed E-state index contributed by atoms with van der Waals surface area (Å²) >= 11 is 12.6. The highest BCUT2D eigenvalue weighted by molar-refractivity contribution is 8.26. The van der Waals surface area contributed by atoms with Crippen molar-refractivity contribution in [2.75, 3.05) is 18.5 Å². The lowest BCUT2D eigenvalue weighted by molar-refractivity contribution is -0.121. The van der Waals surface area contributed by atoms with Gasteiger partial charge in [0.1, 0.15) is 10.1 Å². The Bertz CT molecular complexity index is 1040. The number of hydrogen-bond donors (Lipinski definition) is 1. The molecule has 30 heavy (non-hydrogen) atoms. The number of nitrogens with one attached hydrogen (secondary N) is 1. The van der Waals surface area contributed by atoms with Crippen LogP contribution < -0.4 is 10.1 Å². The van der Waals surface area contributed by atoms with Gasteiger partial charge in [-0.15, -0.1) is 6.58 Å². The molecule has 8 heteroatoms. The van der Waals surface area contributed by atoms with E-state index in [-0.39, 0.29) is 18.4 Å². The van der Waals surface area contributed by atoms with Crippen LogP contribution >= 0.6 is 35.6 Å². The number of amides is 2. The van der Waals surface area contributed by atoms with Crippen molar-refractivity contribution in [3.8, 4) is 5.75 Å². The summed E-state index contributed by atoms with van der Waals surface area (Å²) in [5.41, 5.74) is 2.29. The lowest BCUT2D eigenvalue weighted by Gasteiger charge is -2.11. The molecule has 1 fully saturated rings. The molecule has 0 unspecified atom stereocenters. The van der Waals surface area contributed by atoms with Crippen LogP contribution in [0.4, 0.5) is 5.69 Å². The molecule has 0 aliphatic carbocycles. The summed E-state index contributed by atoms with van der Waals surface area (Å²) in [6.45, 7) is 5.74. The first-order chi connectivity index (χ1) is 14.4. The molecule has 5 nitrogen and oxygen atoms in total. The van der Waals surface area contributed by atoms with Crippen LogP contribution in [0.25, 0.3) is 6.08 Å². The molecule has 0 saturated carbocycles. The number of benzene rings is 2. The quantitative estimate of drug-likeness (QED) is 0.357. The van der Waals surface area contributed by atoms with Gasteiger partial charge in [0.05, 0.1) is 4.91 Å². The predicted octanol–water partition coefficient (Wildman–Crippen LogP) is 5.05. The van der Waals surface area contributed by atoms with Gasteiger partial charge in [-0.1, -0.05) is 59.9 Å². The molecule has 2 amide bonds. The minimum Gasteiger partial charge on any atom is -0.484 e. The first-order valence-corrected chi connectivity index (χ1v) is 10.6. The Morgan fingerprint density at radius 1 is 1.30 bits per heavy atom. The summed E-state index contributed by atoms with van der Waals surface area (Å²) in [6.07, 6.45) is 3.42. The lowest BCUT2D eigenvalue weighted by Crippen LogP contribution is -2.27. The standard InChI is InChI=1S/C22H19ClN2O3S2/c1-3-11-25-21(27)19(30-22(25)29)12-15-7-9-16(10-8-15)28-13-20(26)24-18-6-4-5-17(23)14(18)2/h3-10,12H,1,11,13H2,2H3,(H,24,26)/b19-12-. The number of hydrogen-bond acceptors (Lipinski definition) is 5. The molecule has 0 aromatic heterocycles. The Kier molecular flexibility index (Phi) is 7.31. The van der Waals surface area contributed by atoms with E-state index in [0.29, 0.717) is 32.2 Å². The summed E-state index contributed by atoms with van der Waals surface area (Å²) in [5.74, 6) is 0.137. The van der Waals surface area contributed by atoms with Crippen LogP contribution in [0, 0.1) is 6.92 Å².